The molecular weight excluding hydrogens is 328 g/mol. The topological polar surface area (TPSA) is 76.6 Å². The fourth-order valence-corrected chi connectivity index (χ4v) is 4.89. The highest BCUT2D eigenvalue weighted by Gasteiger charge is 2.44. The summed E-state index contributed by atoms with van der Waals surface area (Å²) in [7, 11) is -2.60. The molecule has 1 aliphatic rings. The molecule has 1 aromatic heterocycles. The number of methoxy groups -OCH3 is 1. The zero-order valence-electron chi connectivity index (χ0n) is 13.9. The number of hydrogen-bond donors (Lipinski definition) is 0. The molecule has 0 aliphatic heterocycles. The molecule has 0 N–H and O–H groups in total. The summed E-state index contributed by atoms with van der Waals surface area (Å²) < 4.78 is 32.5. The first-order valence-electron chi connectivity index (χ1n) is 7.83. The van der Waals surface area contributed by atoms with E-state index in [0.717, 1.165) is 23.8 Å². The number of sulfonamides is 1. The highest BCUT2D eigenvalue weighted by molar-refractivity contribution is 7.89. The number of para-hydroxylation sites is 1. The first-order chi connectivity index (χ1) is 11.4. The summed E-state index contributed by atoms with van der Waals surface area (Å²) in [4.78, 5) is 16.4. The van der Waals surface area contributed by atoms with Crippen molar-refractivity contribution in [1.82, 2.24) is 9.29 Å². The maximum atomic E-state index is 13.3. The summed E-state index contributed by atoms with van der Waals surface area (Å²) in [5.41, 5.74) is 1.38. The van der Waals surface area contributed by atoms with E-state index >= 15 is 0 Å². The lowest BCUT2D eigenvalue weighted by molar-refractivity contribution is -0.144. The van der Waals surface area contributed by atoms with Crippen molar-refractivity contribution in [2.24, 2.45) is 0 Å². The summed E-state index contributed by atoms with van der Waals surface area (Å²) in [5, 5.41) is 0.762. The van der Waals surface area contributed by atoms with Gasteiger partial charge < -0.3 is 4.74 Å². The summed E-state index contributed by atoms with van der Waals surface area (Å²) in [5.74, 6) is -0.561. The minimum Gasteiger partial charge on any atom is -0.468 e. The normalized spacial score (nSPS) is 16.3. The van der Waals surface area contributed by atoms with Crippen molar-refractivity contribution >= 4 is 26.9 Å². The monoisotopic (exact) mass is 348 g/mol. The predicted molar refractivity (Wildman–Crippen MR) is 90.0 cm³/mol. The summed E-state index contributed by atoms with van der Waals surface area (Å²) in [6, 6.07) is 5.94. The van der Waals surface area contributed by atoms with Gasteiger partial charge in [0.25, 0.3) is 0 Å². The highest BCUT2D eigenvalue weighted by atomic mass is 32.2. The second kappa shape index (κ2) is 6.14. The van der Waals surface area contributed by atoms with Crippen LogP contribution in [0.2, 0.25) is 0 Å². The molecule has 1 saturated carbocycles. The number of hydrogen-bond acceptors (Lipinski definition) is 5. The zero-order chi connectivity index (χ0) is 17.5. The van der Waals surface area contributed by atoms with E-state index in [1.807, 2.05) is 19.1 Å². The second-order valence-electron chi connectivity index (χ2n) is 6.11. The Bertz CT molecular complexity index is 891. The van der Waals surface area contributed by atoms with Gasteiger partial charge in [0, 0.05) is 17.6 Å². The Hall–Kier alpha value is -1.99. The van der Waals surface area contributed by atoms with Crippen molar-refractivity contribution in [2.45, 2.75) is 43.7 Å². The Morgan fingerprint density at radius 2 is 2.08 bits per heavy atom. The molecule has 0 saturated heterocycles. The molecular formula is C17H20N2O4S. The van der Waals surface area contributed by atoms with Crippen LogP contribution in [0.25, 0.3) is 10.9 Å². The molecule has 3 rings (SSSR count). The molecule has 7 heteroatoms. The number of nitrogens with zero attached hydrogens (tertiary/aromatic N) is 2. The van der Waals surface area contributed by atoms with Crippen LogP contribution in [-0.2, 0) is 19.6 Å². The molecule has 1 aliphatic carbocycles. The number of aryl methyl sites for hydroxylation is 1. The van der Waals surface area contributed by atoms with Gasteiger partial charge in [0.1, 0.15) is 10.9 Å². The van der Waals surface area contributed by atoms with E-state index in [-0.39, 0.29) is 10.9 Å². The van der Waals surface area contributed by atoms with Crippen LogP contribution in [0.3, 0.4) is 0 Å². The van der Waals surface area contributed by atoms with Gasteiger partial charge in [-0.1, -0.05) is 12.1 Å². The van der Waals surface area contributed by atoms with Crippen LogP contribution in [0, 0.1) is 6.92 Å². The number of ether oxygens (including phenoxy) is 1. The van der Waals surface area contributed by atoms with Crippen LogP contribution in [0.5, 0.6) is 0 Å². The fourth-order valence-electron chi connectivity index (χ4n) is 2.89. The molecule has 0 spiro atoms. The third-order valence-corrected chi connectivity index (χ3v) is 6.25. The van der Waals surface area contributed by atoms with E-state index in [1.165, 1.54) is 11.4 Å². The smallest absolute Gasteiger partial charge is 0.323 e. The number of rotatable bonds is 5. The maximum absolute atomic E-state index is 13.3. The maximum Gasteiger partial charge on any atom is 0.323 e. The molecule has 0 radical (unpaired) electrons. The molecule has 1 fully saturated rings. The Kier molecular flexibility index (Phi) is 4.31. The highest BCUT2D eigenvalue weighted by Crippen LogP contribution is 2.35. The summed E-state index contributed by atoms with van der Waals surface area (Å²) >= 11 is 0. The number of esters is 1. The standard InChI is InChI=1S/C17H20N2O4S/c1-11-9-13-5-4-6-15(16(13)18-10-11)24(21,22)19(14-7-8-14)12(2)17(20)23-3/h4-6,9-10,12,14H,7-8H2,1-3H3/t12-/m1/s1. The van der Waals surface area contributed by atoms with Gasteiger partial charge in [0.15, 0.2) is 0 Å². The molecule has 24 heavy (non-hydrogen) atoms. The lowest BCUT2D eigenvalue weighted by Crippen LogP contribution is -2.45. The Labute approximate surface area is 141 Å². The average Bonchev–Trinajstić information content (AvgIpc) is 3.37. The van der Waals surface area contributed by atoms with Gasteiger partial charge in [0.2, 0.25) is 10.0 Å². The lowest BCUT2D eigenvalue weighted by Gasteiger charge is -2.26. The van der Waals surface area contributed by atoms with Crippen molar-refractivity contribution in [1.29, 1.82) is 0 Å². The number of pyridine rings is 1. The van der Waals surface area contributed by atoms with E-state index in [4.69, 9.17) is 4.74 Å². The van der Waals surface area contributed by atoms with Crippen LogP contribution < -0.4 is 0 Å². The lowest BCUT2D eigenvalue weighted by atomic mass is 10.2. The Morgan fingerprint density at radius 3 is 2.71 bits per heavy atom. The van der Waals surface area contributed by atoms with E-state index in [2.05, 4.69) is 4.98 Å². The van der Waals surface area contributed by atoms with E-state index in [0.29, 0.717) is 5.52 Å². The predicted octanol–water partition coefficient (Wildman–Crippen LogP) is 2.26. The third kappa shape index (κ3) is 2.89. The van der Waals surface area contributed by atoms with Crippen LogP contribution in [0.15, 0.2) is 35.4 Å². The van der Waals surface area contributed by atoms with Gasteiger partial charge in [0.05, 0.1) is 12.6 Å². The van der Waals surface area contributed by atoms with Gasteiger partial charge in [-0.2, -0.15) is 4.31 Å². The van der Waals surface area contributed by atoms with Crippen LogP contribution >= 0.6 is 0 Å². The SMILES string of the molecule is COC(=O)[C@@H](C)N(C1CC1)S(=O)(=O)c1cccc2cc(C)cnc12. The first kappa shape index (κ1) is 16.9. The van der Waals surface area contributed by atoms with Crippen molar-refractivity contribution in [3.63, 3.8) is 0 Å². The second-order valence-corrected chi connectivity index (χ2v) is 7.92. The van der Waals surface area contributed by atoms with Gasteiger partial charge in [-0.3, -0.25) is 9.78 Å². The van der Waals surface area contributed by atoms with Gasteiger partial charge in [-0.25, -0.2) is 8.42 Å². The molecule has 1 heterocycles. The van der Waals surface area contributed by atoms with Crippen molar-refractivity contribution in [3.8, 4) is 0 Å². The van der Waals surface area contributed by atoms with Gasteiger partial charge in [-0.15, -0.1) is 0 Å². The van der Waals surface area contributed by atoms with Crippen molar-refractivity contribution in [3.05, 3.63) is 36.0 Å². The van der Waals surface area contributed by atoms with Crippen molar-refractivity contribution < 1.29 is 17.9 Å². The Morgan fingerprint density at radius 1 is 1.38 bits per heavy atom. The summed E-state index contributed by atoms with van der Waals surface area (Å²) in [6.07, 6.45) is 3.14. The van der Waals surface area contributed by atoms with E-state index < -0.39 is 22.0 Å². The molecule has 0 bridgehead atoms. The largest absolute Gasteiger partial charge is 0.468 e. The van der Waals surface area contributed by atoms with Gasteiger partial charge in [-0.05, 0) is 44.4 Å². The number of carbonyl (C=O) groups is 1. The average molecular weight is 348 g/mol. The van der Waals surface area contributed by atoms with Crippen LogP contribution in [-0.4, -0.2) is 42.9 Å². The van der Waals surface area contributed by atoms with Gasteiger partial charge >= 0.3 is 5.97 Å². The quantitative estimate of drug-likeness (QED) is 0.775. The Balaban J connectivity index is 2.14. The van der Waals surface area contributed by atoms with E-state index in [9.17, 15) is 13.2 Å². The summed E-state index contributed by atoms with van der Waals surface area (Å²) in [6.45, 7) is 3.47. The molecule has 0 unspecified atom stereocenters. The number of aromatic nitrogens is 1. The first-order valence-corrected chi connectivity index (χ1v) is 9.27. The molecule has 128 valence electrons. The molecule has 1 aromatic carbocycles. The minimum absolute atomic E-state index is 0.127. The number of fused-ring (bicyclic) bond motifs is 1. The minimum atomic E-state index is -3.86. The van der Waals surface area contributed by atoms with Crippen molar-refractivity contribution in [2.75, 3.05) is 7.11 Å². The number of carbonyl (C=O) groups excluding carboxylic acids is 1. The molecule has 1 atom stereocenters. The zero-order valence-corrected chi connectivity index (χ0v) is 14.7. The molecule has 2 aromatic rings. The third-order valence-electron chi connectivity index (χ3n) is 4.20. The molecule has 6 nitrogen and oxygen atoms in total. The number of benzene rings is 1. The molecule has 0 amide bonds. The fraction of sp³-hybridized carbons (Fsp3) is 0.412. The van der Waals surface area contributed by atoms with E-state index in [1.54, 1.807) is 25.3 Å². The van der Waals surface area contributed by atoms with Crippen LogP contribution in [0.4, 0.5) is 0 Å². The van der Waals surface area contributed by atoms with Crippen LogP contribution in [0.1, 0.15) is 25.3 Å².